The summed E-state index contributed by atoms with van der Waals surface area (Å²) in [4.78, 5) is 21.3. The number of hydrogen-bond acceptors (Lipinski definition) is 5. The van der Waals surface area contributed by atoms with Gasteiger partial charge < -0.3 is 4.90 Å². The van der Waals surface area contributed by atoms with E-state index in [2.05, 4.69) is 14.6 Å². The van der Waals surface area contributed by atoms with Gasteiger partial charge in [0.1, 0.15) is 17.7 Å². The zero-order valence-corrected chi connectivity index (χ0v) is 18.5. The Hall–Kier alpha value is -2.49. The standard InChI is InChI=1S/C21H22ClFN4O3S/c1-14(24-20-17-4-2-3-5-19(17)31(29,30)25-20)21(28)27-10-8-26(9-11-27)13-15-6-7-16(23)12-18(15)22/h2-7,12,14H,8-11,13H2,1H3,(H,24,25)/t14-/m0/s1. The third-order valence-electron chi connectivity index (χ3n) is 5.44. The van der Waals surface area contributed by atoms with Gasteiger partial charge in [0.2, 0.25) is 5.91 Å². The lowest BCUT2D eigenvalue weighted by Gasteiger charge is -2.35. The van der Waals surface area contributed by atoms with Crippen molar-refractivity contribution in [3.05, 3.63) is 64.4 Å². The summed E-state index contributed by atoms with van der Waals surface area (Å²) in [5, 5.41) is 0.391. The van der Waals surface area contributed by atoms with E-state index < -0.39 is 16.1 Å². The summed E-state index contributed by atoms with van der Waals surface area (Å²) >= 11 is 6.11. The molecule has 164 valence electrons. The lowest BCUT2D eigenvalue weighted by molar-refractivity contribution is -0.133. The normalized spacial score (nSPS) is 20.4. The highest BCUT2D eigenvalue weighted by Crippen LogP contribution is 2.23. The fourth-order valence-electron chi connectivity index (χ4n) is 3.76. The summed E-state index contributed by atoms with van der Waals surface area (Å²) in [7, 11) is -3.64. The number of aliphatic imine (C=N–C) groups is 1. The number of rotatable bonds is 4. The summed E-state index contributed by atoms with van der Waals surface area (Å²) in [5.74, 6) is -0.330. The molecule has 7 nitrogen and oxygen atoms in total. The number of hydrogen-bond donors (Lipinski definition) is 1. The average molecular weight is 465 g/mol. The minimum atomic E-state index is -3.64. The number of benzene rings is 2. The summed E-state index contributed by atoms with van der Waals surface area (Å²) in [5.41, 5.74) is 1.32. The van der Waals surface area contributed by atoms with Crippen molar-refractivity contribution < 1.29 is 17.6 Å². The second-order valence-corrected chi connectivity index (χ2v) is 9.65. The number of fused-ring (bicyclic) bond motifs is 1. The van der Waals surface area contributed by atoms with Gasteiger partial charge >= 0.3 is 0 Å². The molecule has 0 bridgehead atoms. The van der Waals surface area contributed by atoms with Gasteiger partial charge in [-0.15, -0.1) is 0 Å². The van der Waals surface area contributed by atoms with Gasteiger partial charge in [0.15, 0.2) is 0 Å². The molecule has 4 rings (SSSR count). The number of halogens is 2. The lowest BCUT2D eigenvalue weighted by Crippen LogP contribution is -2.50. The van der Waals surface area contributed by atoms with Crippen molar-refractivity contribution in [2.24, 2.45) is 4.99 Å². The smallest absolute Gasteiger partial charge is 0.263 e. The molecule has 1 fully saturated rings. The second kappa shape index (κ2) is 8.57. The molecule has 10 heteroatoms. The van der Waals surface area contributed by atoms with E-state index in [1.165, 1.54) is 18.2 Å². The van der Waals surface area contributed by atoms with E-state index in [4.69, 9.17) is 11.6 Å². The van der Waals surface area contributed by atoms with Crippen LogP contribution < -0.4 is 4.72 Å². The Kier molecular flexibility index (Phi) is 6.00. The lowest BCUT2D eigenvalue weighted by atomic mass is 10.1. The molecule has 31 heavy (non-hydrogen) atoms. The van der Waals surface area contributed by atoms with Crippen LogP contribution in [0.4, 0.5) is 4.39 Å². The molecule has 0 spiro atoms. The Bertz CT molecular complexity index is 1150. The maximum Gasteiger partial charge on any atom is 0.263 e. The highest BCUT2D eigenvalue weighted by atomic mass is 35.5. The molecule has 1 saturated heterocycles. The predicted octanol–water partition coefficient (Wildman–Crippen LogP) is 2.25. The molecular weight excluding hydrogens is 443 g/mol. The summed E-state index contributed by atoms with van der Waals surface area (Å²) in [6.45, 7) is 4.59. The van der Waals surface area contributed by atoms with Gasteiger partial charge in [0, 0.05) is 43.3 Å². The summed E-state index contributed by atoms with van der Waals surface area (Å²) in [6.07, 6.45) is 0. The van der Waals surface area contributed by atoms with Crippen LogP contribution >= 0.6 is 11.6 Å². The third kappa shape index (κ3) is 4.58. The highest BCUT2D eigenvalue weighted by molar-refractivity contribution is 7.90. The second-order valence-electron chi connectivity index (χ2n) is 7.59. The van der Waals surface area contributed by atoms with Crippen LogP contribution in [0, 0.1) is 5.82 Å². The summed E-state index contributed by atoms with van der Waals surface area (Å²) < 4.78 is 40.1. The fourth-order valence-corrected chi connectivity index (χ4v) is 5.23. The van der Waals surface area contributed by atoms with Crippen LogP contribution in [0.25, 0.3) is 0 Å². The molecule has 1 amide bonds. The molecule has 2 aliphatic heterocycles. The first-order chi connectivity index (χ1) is 14.7. The van der Waals surface area contributed by atoms with Gasteiger partial charge in [0.05, 0.1) is 4.90 Å². The number of nitrogens with zero attached hydrogens (tertiary/aromatic N) is 3. The van der Waals surface area contributed by atoms with Crippen LogP contribution in [0.15, 0.2) is 52.4 Å². The Morgan fingerprint density at radius 2 is 1.90 bits per heavy atom. The third-order valence-corrected chi connectivity index (χ3v) is 7.18. The van der Waals surface area contributed by atoms with Crippen LogP contribution in [0.5, 0.6) is 0 Å². The number of sulfonamides is 1. The Labute approximate surface area is 185 Å². The minimum absolute atomic E-state index is 0.157. The molecule has 0 saturated carbocycles. The van der Waals surface area contributed by atoms with Crippen molar-refractivity contribution in [3.63, 3.8) is 0 Å². The molecule has 2 heterocycles. The molecule has 2 aliphatic rings. The molecular formula is C21H22ClFN4O3S. The molecule has 2 aromatic carbocycles. The molecule has 0 aliphatic carbocycles. The maximum atomic E-state index is 13.2. The monoisotopic (exact) mass is 464 g/mol. The minimum Gasteiger partial charge on any atom is -0.338 e. The topological polar surface area (TPSA) is 82.1 Å². The van der Waals surface area contributed by atoms with E-state index in [9.17, 15) is 17.6 Å². The zero-order valence-electron chi connectivity index (χ0n) is 16.9. The van der Waals surface area contributed by atoms with Gasteiger partial charge in [-0.05, 0) is 36.8 Å². The van der Waals surface area contributed by atoms with E-state index in [1.807, 2.05) is 0 Å². The van der Waals surface area contributed by atoms with E-state index in [1.54, 1.807) is 36.1 Å². The number of amidine groups is 1. The van der Waals surface area contributed by atoms with Crippen molar-refractivity contribution in [2.45, 2.75) is 24.4 Å². The van der Waals surface area contributed by atoms with Crippen LogP contribution in [0.3, 0.4) is 0 Å². The molecule has 1 atom stereocenters. The highest BCUT2D eigenvalue weighted by Gasteiger charge is 2.32. The average Bonchev–Trinajstić information content (AvgIpc) is 3.00. The van der Waals surface area contributed by atoms with Crippen LogP contribution in [0.1, 0.15) is 18.1 Å². The largest absolute Gasteiger partial charge is 0.338 e. The molecule has 0 aromatic heterocycles. The van der Waals surface area contributed by atoms with Gasteiger partial charge in [0.25, 0.3) is 10.0 Å². The Morgan fingerprint density at radius 3 is 2.61 bits per heavy atom. The van der Waals surface area contributed by atoms with Crippen molar-refractivity contribution in [1.82, 2.24) is 14.5 Å². The van der Waals surface area contributed by atoms with Gasteiger partial charge in [-0.25, -0.2) is 12.8 Å². The van der Waals surface area contributed by atoms with Crippen molar-refractivity contribution in [3.8, 4) is 0 Å². The van der Waals surface area contributed by atoms with Crippen LogP contribution in [-0.2, 0) is 21.4 Å². The van der Waals surface area contributed by atoms with Crippen LogP contribution in [-0.4, -0.2) is 62.2 Å². The fraction of sp³-hybridized carbons (Fsp3) is 0.333. The zero-order chi connectivity index (χ0) is 22.2. The van der Waals surface area contributed by atoms with Gasteiger partial charge in [-0.3, -0.25) is 19.4 Å². The summed E-state index contributed by atoms with van der Waals surface area (Å²) in [6, 6.07) is 10.2. The SMILES string of the molecule is C[C@H](N=C1NS(=O)(=O)c2ccccc21)C(=O)N1CCN(Cc2ccc(F)cc2Cl)CC1. The predicted molar refractivity (Wildman–Crippen MR) is 116 cm³/mol. The molecule has 2 aromatic rings. The molecule has 0 unspecified atom stereocenters. The number of amides is 1. The van der Waals surface area contributed by atoms with E-state index in [0.29, 0.717) is 43.3 Å². The number of carbonyl (C=O) groups excluding carboxylic acids is 1. The molecule has 0 radical (unpaired) electrons. The first kappa shape index (κ1) is 21.7. The van der Waals surface area contributed by atoms with E-state index in [-0.39, 0.29) is 22.5 Å². The Morgan fingerprint density at radius 1 is 1.19 bits per heavy atom. The number of nitrogens with one attached hydrogen (secondary N) is 1. The van der Waals surface area contributed by atoms with E-state index >= 15 is 0 Å². The van der Waals surface area contributed by atoms with Crippen molar-refractivity contribution >= 4 is 33.4 Å². The Balaban J connectivity index is 1.38. The van der Waals surface area contributed by atoms with Gasteiger partial charge in [-0.2, -0.15) is 0 Å². The van der Waals surface area contributed by atoms with Gasteiger partial charge in [-0.1, -0.05) is 29.8 Å². The number of carbonyl (C=O) groups is 1. The first-order valence-corrected chi connectivity index (χ1v) is 11.8. The van der Waals surface area contributed by atoms with Crippen molar-refractivity contribution in [1.29, 1.82) is 0 Å². The van der Waals surface area contributed by atoms with Crippen LogP contribution in [0.2, 0.25) is 5.02 Å². The molecule has 1 N–H and O–H groups in total. The first-order valence-electron chi connectivity index (χ1n) is 9.90. The quantitative estimate of drug-likeness (QED) is 0.752. The van der Waals surface area contributed by atoms with Crippen molar-refractivity contribution in [2.75, 3.05) is 26.2 Å². The maximum absolute atomic E-state index is 13.2. The van der Waals surface area contributed by atoms with E-state index in [0.717, 1.165) is 5.56 Å². The number of piperazine rings is 1.